The molecule has 0 aliphatic carbocycles. The number of rotatable bonds is 7. The molecule has 7 nitrogen and oxygen atoms in total. The molecule has 0 aliphatic heterocycles. The second-order valence-corrected chi connectivity index (χ2v) is 5.72. The molecule has 2 N–H and O–H groups in total. The summed E-state index contributed by atoms with van der Waals surface area (Å²) in [7, 11) is 4.22. The van der Waals surface area contributed by atoms with Crippen molar-refractivity contribution < 1.29 is 37.0 Å². The Morgan fingerprint density at radius 1 is 0.931 bits per heavy atom. The monoisotopic (exact) mass is 412 g/mol. The van der Waals surface area contributed by atoms with Crippen LogP contribution in [-0.2, 0) is 11.0 Å². The molecule has 0 aromatic heterocycles. The van der Waals surface area contributed by atoms with Gasteiger partial charge in [-0.1, -0.05) is 0 Å². The van der Waals surface area contributed by atoms with Gasteiger partial charge in [-0.2, -0.15) is 13.2 Å². The Morgan fingerprint density at radius 3 is 1.93 bits per heavy atom. The Kier molecular flexibility index (Phi) is 6.92. The summed E-state index contributed by atoms with van der Waals surface area (Å²) in [6.45, 7) is -0.392. The number of ether oxygens (including phenoxy) is 3. The molecule has 0 heterocycles. The first-order valence-corrected chi connectivity index (χ1v) is 8.25. The van der Waals surface area contributed by atoms with Gasteiger partial charge in [0.1, 0.15) is 0 Å². The molecule has 10 heteroatoms. The van der Waals surface area contributed by atoms with Crippen LogP contribution in [-0.4, -0.2) is 39.7 Å². The number of halogens is 3. The van der Waals surface area contributed by atoms with Crippen molar-refractivity contribution in [3.05, 3.63) is 47.5 Å². The third-order valence-corrected chi connectivity index (χ3v) is 3.83. The fraction of sp³-hybridized carbons (Fsp3) is 0.263. The summed E-state index contributed by atoms with van der Waals surface area (Å²) in [6.07, 6.45) is -4.46. The van der Waals surface area contributed by atoms with Crippen molar-refractivity contribution in [2.24, 2.45) is 0 Å². The van der Waals surface area contributed by atoms with Crippen molar-refractivity contribution >= 4 is 17.5 Å². The number of methoxy groups -OCH3 is 3. The highest BCUT2D eigenvalue weighted by Gasteiger charge is 2.30. The molecule has 2 amide bonds. The minimum atomic E-state index is -4.46. The lowest BCUT2D eigenvalue weighted by molar-refractivity contribution is -0.137. The molecule has 29 heavy (non-hydrogen) atoms. The molecule has 0 aliphatic rings. The van der Waals surface area contributed by atoms with Crippen LogP contribution < -0.4 is 24.8 Å². The summed E-state index contributed by atoms with van der Waals surface area (Å²) in [5, 5.41) is 4.81. The molecule has 0 saturated carbocycles. The van der Waals surface area contributed by atoms with Crippen LogP contribution in [0.5, 0.6) is 17.2 Å². The fourth-order valence-electron chi connectivity index (χ4n) is 2.42. The lowest BCUT2D eigenvalue weighted by Gasteiger charge is -2.14. The number of amides is 2. The first-order valence-electron chi connectivity index (χ1n) is 8.25. The zero-order valence-corrected chi connectivity index (χ0v) is 15.8. The van der Waals surface area contributed by atoms with E-state index in [-0.39, 0.29) is 22.7 Å². The zero-order chi connectivity index (χ0) is 21.6. The number of benzene rings is 2. The van der Waals surface area contributed by atoms with E-state index in [4.69, 9.17) is 14.2 Å². The molecule has 0 radical (unpaired) electrons. The van der Waals surface area contributed by atoms with Crippen LogP contribution in [0.3, 0.4) is 0 Å². The summed E-state index contributed by atoms with van der Waals surface area (Å²) in [6, 6.07) is 6.80. The van der Waals surface area contributed by atoms with Crippen LogP contribution in [0.1, 0.15) is 15.9 Å². The van der Waals surface area contributed by atoms with Gasteiger partial charge in [0.25, 0.3) is 5.91 Å². The lowest BCUT2D eigenvalue weighted by Crippen LogP contribution is -2.32. The van der Waals surface area contributed by atoms with Gasteiger partial charge in [0.2, 0.25) is 11.7 Å². The number of anilines is 1. The summed E-state index contributed by atoms with van der Waals surface area (Å²) in [4.78, 5) is 24.3. The second-order valence-electron chi connectivity index (χ2n) is 5.72. The van der Waals surface area contributed by atoms with Gasteiger partial charge in [-0.3, -0.25) is 9.59 Å². The van der Waals surface area contributed by atoms with E-state index in [0.29, 0.717) is 5.75 Å². The van der Waals surface area contributed by atoms with E-state index in [0.717, 1.165) is 24.3 Å². The third kappa shape index (κ3) is 5.53. The van der Waals surface area contributed by atoms with Gasteiger partial charge < -0.3 is 24.8 Å². The maximum Gasteiger partial charge on any atom is 0.416 e. The first-order chi connectivity index (χ1) is 13.7. The molecule has 0 atom stereocenters. The Balaban J connectivity index is 2.00. The summed E-state index contributed by atoms with van der Waals surface area (Å²) in [5.41, 5.74) is -0.488. The van der Waals surface area contributed by atoms with Gasteiger partial charge in [0, 0.05) is 11.3 Å². The van der Waals surface area contributed by atoms with E-state index in [1.165, 1.54) is 33.5 Å². The van der Waals surface area contributed by atoms with Crippen LogP contribution in [0.2, 0.25) is 0 Å². The van der Waals surface area contributed by atoms with Crippen LogP contribution in [0.4, 0.5) is 18.9 Å². The number of carbonyl (C=O) groups excluding carboxylic acids is 2. The van der Waals surface area contributed by atoms with Gasteiger partial charge in [0.05, 0.1) is 33.4 Å². The third-order valence-electron chi connectivity index (χ3n) is 3.83. The summed E-state index contributed by atoms with van der Waals surface area (Å²) >= 11 is 0. The molecular weight excluding hydrogens is 393 g/mol. The smallest absolute Gasteiger partial charge is 0.416 e. The van der Waals surface area contributed by atoms with Crippen LogP contribution >= 0.6 is 0 Å². The Labute approximate surface area is 164 Å². The quantitative estimate of drug-likeness (QED) is 0.730. The van der Waals surface area contributed by atoms with Crippen molar-refractivity contribution in [2.75, 3.05) is 33.2 Å². The van der Waals surface area contributed by atoms with E-state index >= 15 is 0 Å². The van der Waals surface area contributed by atoms with E-state index in [2.05, 4.69) is 10.6 Å². The van der Waals surface area contributed by atoms with Gasteiger partial charge >= 0.3 is 6.18 Å². The molecule has 2 rings (SSSR count). The van der Waals surface area contributed by atoms with E-state index < -0.39 is 30.1 Å². The van der Waals surface area contributed by atoms with Crippen molar-refractivity contribution in [2.45, 2.75) is 6.18 Å². The van der Waals surface area contributed by atoms with Crippen LogP contribution in [0.25, 0.3) is 0 Å². The van der Waals surface area contributed by atoms with E-state index in [1.807, 2.05) is 0 Å². The van der Waals surface area contributed by atoms with Crippen molar-refractivity contribution in [3.8, 4) is 17.2 Å². The number of hydrogen-bond donors (Lipinski definition) is 2. The lowest BCUT2D eigenvalue weighted by atomic mass is 10.1. The van der Waals surface area contributed by atoms with E-state index in [1.54, 1.807) is 0 Å². The molecule has 0 saturated heterocycles. The largest absolute Gasteiger partial charge is 0.493 e. The fourth-order valence-corrected chi connectivity index (χ4v) is 2.42. The minimum Gasteiger partial charge on any atom is -0.493 e. The number of carbonyl (C=O) groups is 2. The number of nitrogens with one attached hydrogen (secondary N) is 2. The molecular formula is C19H19F3N2O5. The molecule has 2 aromatic carbocycles. The second kappa shape index (κ2) is 9.18. The SMILES string of the molecule is COc1cc(C(=O)NCC(=O)Nc2ccc(C(F)(F)F)cc2)cc(OC)c1OC. The van der Waals surface area contributed by atoms with Gasteiger partial charge in [-0.15, -0.1) is 0 Å². The summed E-state index contributed by atoms with van der Waals surface area (Å²) in [5.74, 6) is -0.332. The highest BCUT2D eigenvalue weighted by atomic mass is 19.4. The average molecular weight is 412 g/mol. The molecule has 0 spiro atoms. The average Bonchev–Trinajstić information content (AvgIpc) is 2.70. The van der Waals surface area contributed by atoms with Crippen LogP contribution in [0.15, 0.2) is 36.4 Å². The molecule has 0 bridgehead atoms. The topological polar surface area (TPSA) is 85.9 Å². The van der Waals surface area contributed by atoms with Gasteiger partial charge in [-0.05, 0) is 36.4 Å². The Hall–Kier alpha value is -3.43. The first kappa shape index (κ1) is 21.9. The molecule has 0 unspecified atom stereocenters. The van der Waals surface area contributed by atoms with Crippen molar-refractivity contribution in [1.82, 2.24) is 5.32 Å². The molecule has 156 valence electrons. The molecule has 0 fully saturated rings. The Bertz CT molecular complexity index is 857. The number of alkyl halides is 3. The standard InChI is InChI=1S/C19H19F3N2O5/c1-27-14-8-11(9-15(28-2)17(14)29-3)18(26)23-10-16(25)24-13-6-4-12(5-7-13)19(20,21)22/h4-9H,10H2,1-3H3,(H,23,26)(H,24,25). The van der Waals surface area contributed by atoms with Gasteiger partial charge in [-0.25, -0.2) is 0 Å². The highest BCUT2D eigenvalue weighted by Crippen LogP contribution is 2.38. The zero-order valence-electron chi connectivity index (χ0n) is 15.8. The predicted octanol–water partition coefficient (Wildman–Crippen LogP) is 3.10. The molecule has 2 aromatic rings. The highest BCUT2D eigenvalue weighted by molar-refractivity contribution is 6.00. The predicted molar refractivity (Wildman–Crippen MR) is 98.5 cm³/mol. The number of hydrogen-bond acceptors (Lipinski definition) is 5. The van der Waals surface area contributed by atoms with E-state index in [9.17, 15) is 22.8 Å². The normalized spacial score (nSPS) is 10.8. The minimum absolute atomic E-state index is 0.168. The Morgan fingerprint density at radius 2 is 1.48 bits per heavy atom. The summed E-state index contributed by atoms with van der Waals surface area (Å²) < 4.78 is 53.1. The maximum absolute atomic E-state index is 12.5. The maximum atomic E-state index is 12.5. The van der Waals surface area contributed by atoms with Crippen molar-refractivity contribution in [1.29, 1.82) is 0 Å². The van der Waals surface area contributed by atoms with Crippen LogP contribution in [0, 0.1) is 0 Å². The van der Waals surface area contributed by atoms with Crippen molar-refractivity contribution in [3.63, 3.8) is 0 Å². The van der Waals surface area contributed by atoms with Gasteiger partial charge in [0.15, 0.2) is 11.5 Å².